The lowest BCUT2D eigenvalue weighted by Crippen LogP contribution is -2.39. The highest BCUT2D eigenvalue weighted by molar-refractivity contribution is 6.32. The summed E-state index contributed by atoms with van der Waals surface area (Å²) < 4.78 is 39.6. The van der Waals surface area contributed by atoms with Crippen molar-refractivity contribution in [2.45, 2.75) is 25.1 Å². The Kier molecular flexibility index (Phi) is 5.43. The molecule has 2 aliphatic rings. The van der Waals surface area contributed by atoms with E-state index in [1.165, 1.54) is 18.9 Å². The zero-order valence-corrected chi connectivity index (χ0v) is 17.8. The first-order valence-corrected chi connectivity index (χ1v) is 10.6. The van der Waals surface area contributed by atoms with E-state index >= 15 is 0 Å². The van der Waals surface area contributed by atoms with Crippen LogP contribution in [0.15, 0.2) is 59.2 Å². The van der Waals surface area contributed by atoms with E-state index < -0.39 is 22.3 Å². The van der Waals surface area contributed by atoms with Gasteiger partial charge in [-0.1, -0.05) is 23.7 Å². The van der Waals surface area contributed by atoms with Gasteiger partial charge in [0.1, 0.15) is 0 Å². The van der Waals surface area contributed by atoms with Crippen LogP contribution in [0.1, 0.15) is 18.4 Å². The summed E-state index contributed by atoms with van der Waals surface area (Å²) in [6.07, 6.45) is -0.462. The molecule has 0 spiro atoms. The van der Waals surface area contributed by atoms with Crippen LogP contribution < -0.4 is 26.8 Å². The summed E-state index contributed by atoms with van der Waals surface area (Å²) in [7, 11) is 0. The predicted octanol–water partition coefficient (Wildman–Crippen LogP) is 3.75. The minimum absolute atomic E-state index is 0.0886. The maximum Gasteiger partial charge on any atom is 0.417 e. The van der Waals surface area contributed by atoms with Gasteiger partial charge in [0.05, 0.1) is 38.7 Å². The van der Waals surface area contributed by atoms with E-state index in [1.54, 1.807) is 12.1 Å². The molecule has 3 N–H and O–H groups in total. The molecule has 0 amide bonds. The van der Waals surface area contributed by atoms with E-state index in [0.29, 0.717) is 18.2 Å². The van der Waals surface area contributed by atoms with Crippen LogP contribution in [0.5, 0.6) is 0 Å². The molecule has 170 valence electrons. The summed E-state index contributed by atoms with van der Waals surface area (Å²) in [5, 5.41) is 4.81. The molecule has 1 aliphatic carbocycles. The summed E-state index contributed by atoms with van der Waals surface area (Å²) in [5.74, 6) is 0. The average molecular weight is 475 g/mol. The first-order valence-electron chi connectivity index (χ1n) is 10.2. The number of hydrazine groups is 2. The maximum absolute atomic E-state index is 13.2. The molecule has 33 heavy (non-hydrogen) atoms. The highest BCUT2D eigenvalue weighted by Gasteiger charge is 2.33. The molecule has 1 aliphatic heterocycles. The van der Waals surface area contributed by atoms with E-state index in [0.717, 1.165) is 23.5 Å². The van der Waals surface area contributed by atoms with Gasteiger partial charge in [0.25, 0.3) is 5.56 Å². The van der Waals surface area contributed by atoms with Gasteiger partial charge in [-0.3, -0.25) is 9.80 Å². The van der Waals surface area contributed by atoms with Gasteiger partial charge < -0.3 is 10.7 Å². The molecule has 0 radical (unpaired) electrons. The molecule has 11 heteroatoms. The lowest BCUT2D eigenvalue weighted by atomic mass is 10.1. The van der Waals surface area contributed by atoms with E-state index in [1.807, 2.05) is 23.3 Å². The SMILES string of the molecule is O=c1cc(-c2cccc(N3NNC=C3CNC3CC3)c2)nc2cc(Cl)c(C(F)(F)F)cc2n1. The van der Waals surface area contributed by atoms with Crippen molar-refractivity contribution < 1.29 is 13.2 Å². The molecule has 1 aromatic heterocycles. The number of anilines is 1. The van der Waals surface area contributed by atoms with Crippen LogP contribution in [0.4, 0.5) is 18.9 Å². The number of aromatic nitrogens is 2. The fourth-order valence-corrected chi connectivity index (χ4v) is 3.81. The van der Waals surface area contributed by atoms with Crippen LogP contribution in [0.3, 0.4) is 0 Å². The molecule has 0 unspecified atom stereocenters. The zero-order valence-electron chi connectivity index (χ0n) is 17.1. The molecule has 3 aromatic rings. The lowest BCUT2D eigenvalue weighted by molar-refractivity contribution is -0.137. The molecule has 2 heterocycles. The Balaban J connectivity index is 1.53. The number of rotatable bonds is 5. The van der Waals surface area contributed by atoms with Gasteiger partial charge in [0.2, 0.25) is 0 Å². The van der Waals surface area contributed by atoms with Crippen LogP contribution >= 0.6 is 11.6 Å². The molecule has 1 saturated carbocycles. The number of nitrogens with zero attached hydrogens (tertiary/aromatic N) is 3. The Hall–Kier alpha value is -3.21. The van der Waals surface area contributed by atoms with Crippen molar-refractivity contribution >= 4 is 28.3 Å². The fourth-order valence-electron chi connectivity index (χ4n) is 3.54. The Morgan fingerprint density at radius 3 is 2.67 bits per heavy atom. The normalized spacial score (nSPS) is 16.1. The van der Waals surface area contributed by atoms with Crippen molar-refractivity contribution in [1.82, 2.24) is 26.2 Å². The standard InChI is InChI=1S/C22H18ClF3N6O/c23-17-8-20-19(7-16(17)22(24,25)26)30-21(33)9-18(29-20)12-2-1-3-14(6-12)32-15(11-28-31-32)10-27-13-4-5-13/h1-3,6-9,11,13,27-28,31H,4-5,10H2. The number of hydrogen-bond donors (Lipinski definition) is 3. The smallest absolute Gasteiger partial charge is 0.309 e. The third-order valence-corrected chi connectivity index (χ3v) is 5.67. The van der Waals surface area contributed by atoms with Crippen LogP contribution in [-0.4, -0.2) is 22.6 Å². The van der Waals surface area contributed by atoms with Crippen LogP contribution in [0.25, 0.3) is 22.3 Å². The number of nitrogens with one attached hydrogen (secondary N) is 3. The predicted molar refractivity (Wildman–Crippen MR) is 119 cm³/mol. The Bertz CT molecular complexity index is 1330. The van der Waals surface area contributed by atoms with E-state index in [-0.39, 0.29) is 16.7 Å². The monoisotopic (exact) mass is 474 g/mol. The van der Waals surface area contributed by atoms with Crippen LogP contribution in [-0.2, 0) is 6.18 Å². The quantitative estimate of drug-likeness (QED) is 0.519. The van der Waals surface area contributed by atoms with E-state index in [4.69, 9.17) is 11.6 Å². The van der Waals surface area contributed by atoms with Gasteiger partial charge in [0.15, 0.2) is 0 Å². The highest BCUT2D eigenvalue weighted by atomic mass is 35.5. The summed E-state index contributed by atoms with van der Waals surface area (Å²) in [4.78, 5) is 20.5. The second-order valence-corrected chi connectivity index (χ2v) is 8.25. The second-order valence-electron chi connectivity index (χ2n) is 7.84. The summed E-state index contributed by atoms with van der Waals surface area (Å²) in [5.41, 5.74) is 6.81. The molecule has 7 nitrogen and oxygen atoms in total. The Morgan fingerprint density at radius 1 is 1.12 bits per heavy atom. The molecular formula is C22H18ClF3N6O. The largest absolute Gasteiger partial charge is 0.417 e. The first-order chi connectivity index (χ1) is 15.8. The Labute approximate surface area is 191 Å². The maximum atomic E-state index is 13.2. The third kappa shape index (κ3) is 4.63. The van der Waals surface area contributed by atoms with Gasteiger partial charge in [-0.25, -0.2) is 9.97 Å². The van der Waals surface area contributed by atoms with Gasteiger partial charge >= 0.3 is 6.18 Å². The summed E-state index contributed by atoms with van der Waals surface area (Å²) >= 11 is 5.85. The van der Waals surface area contributed by atoms with Crippen LogP contribution in [0.2, 0.25) is 5.02 Å². The van der Waals surface area contributed by atoms with Crippen molar-refractivity contribution in [3.63, 3.8) is 0 Å². The van der Waals surface area contributed by atoms with Crippen molar-refractivity contribution in [1.29, 1.82) is 0 Å². The molecule has 1 fully saturated rings. The molecule has 2 aromatic carbocycles. The molecule has 0 atom stereocenters. The number of hydrogen-bond acceptors (Lipinski definition) is 7. The number of alkyl halides is 3. The van der Waals surface area contributed by atoms with Gasteiger partial charge in [-0.15, -0.1) is 5.53 Å². The van der Waals surface area contributed by atoms with Crippen molar-refractivity contribution in [3.8, 4) is 11.3 Å². The third-order valence-electron chi connectivity index (χ3n) is 5.35. The van der Waals surface area contributed by atoms with Gasteiger partial charge in [-0.2, -0.15) is 13.2 Å². The topological polar surface area (TPSA) is 82.2 Å². The Morgan fingerprint density at radius 2 is 1.91 bits per heavy atom. The zero-order chi connectivity index (χ0) is 23.2. The minimum Gasteiger partial charge on any atom is -0.309 e. The van der Waals surface area contributed by atoms with E-state index in [2.05, 4.69) is 26.2 Å². The number of fused-ring (bicyclic) bond motifs is 1. The molecule has 0 bridgehead atoms. The number of halogens is 4. The minimum atomic E-state index is -4.67. The molecule has 5 rings (SSSR count). The van der Waals surface area contributed by atoms with Gasteiger partial charge in [-0.05, 0) is 37.1 Å². The van der Waals surface area contributed by atoms with Crippen molar-refractivity contribution in [2.24, 2.45) is 0 Å². The average Bonchev–Trinajstić information content (AvgIpc) is 3.50. The first kappa shape index (κ1) is 21.6. The summed E-state index contributed by atoms with van der Waals surface area (Å²) in [6.45, 7) is 0.673. The lowest BCUT2D eigenvalue weighted by Gasteiger charge is -2.22. The molecular weight excluding hydrogens is 457 g/mol. The van der Waals surface area contributed by atoms with E-state index in [9.17, 15) is 18.0 Å². The highest BCUT2D eigenvalue weighted by Crippen LogP contribution is 2.36. The van der Waals surface area contributed by atoms with Gasteiger partial charge in [0, 0.05) is 30.4 Å². The number of benzene rings is 2. The fraction of sp³-hybridized carbons (Fsp3) is 0.227. The second kappa shape index (κ2) is 8.29. The van der Waals surface area contributed by atoms with Crippen LogP contribution in [0, 0.1) is 0 Å². The van der Waals surface area contributed by atoms with Crippen molar-refractivity contribution in [2.75, 3.05) is 11.6 Å². The summed E-state index contributed by atoms with van der Waals surface area (Å²) in [6, 6.07) is 10.8. The molecule has 0 saturated heterocycles. The van der Waals surface area contributed by atoms with Crippen molar-refractivity contribution in [3.05, 3.63) is 75.3 Å².